The van der Waals surface area contributed by atoms with Crippen molar-refractivity contribution in [3.8, 4) is 11.5 Å². The minimum atomic E-state index is -4.38. The van der Waals surface area contributed by atoms with Crippen LogP contribution in [0.3, 0.4) is 0 Å². The molecule has 0 saturated carbocycles. The average molecular weight is 595 g/mol. The minimum absolute atomic E-state index is 0.0712. The molecule has 5 nitrogen and oxygen atoms in total. The molecular formula is C31H28F6O5. The second-order valence-electron chi connectivity index (χ2n) is 10.5. The number of benzene rings is 3. The van der Waals surface area contributed by atoms with Crippen LogP contribution in [0.15, 0.2) is 54.6 Å². The van der Waals surface area contributed by atoms with Crippen molar-refractivity contribution < 1.29 is 50.5 Å². The SMILES string of the molecule is COC(=O)C[C@@H]1COc2cc(O[C@@H]3CCc4ccc(C(F)(F)F)cc43)ccc21.O[C@H]1CCc2ccc(C(F)(F)F)cc21. The molecule has 0 aromatic heterocycles. The third kappa shape index (κ3) is 6.35. The number of carbonyl (C=O) groups excluding carboxylic acids is 1. The molecule has 0 bridgehead atoms. The van der Waals surface area contributed by atoms with E-state index in [4.69, 9.17) is 14.2 Å². The molecule has 1 heterocycles. The van der Waals surface area contributed by atoms with Gasteiger partial charge in [0.15, 0.2) is 0 Å². The Morgan fingerprint density at radius 3 is 2.12 bits per heavy atom. The largest absolute Gasteiger partial charge is 0.492 e. The van der Waals surface area contributed by atoms with Gasteiger partial charge in [-0.3, -0.25) is 4.79 Å². The highest BCUT2D eigenvalue weighted by Crippen LogP contribution is 2.42. The van der Waals surface area contributed by atoms with Gasteiger partial charge in [-0.15, -0.1) is 0 Å². The Morgan fingerprint density at radius 2 is 1.48 bits per heavy atom. The first-order valence-electron chi connectivity index (χ1n) is 13.4. The van der Waals surface area contributed by atoms with Gasteiger partial charge in [0.2, 0.25) is 0 Å². The van der Waals surface area contributed by atoms with Gasteiger partial charge in [-0.2, -0.15) is 26.3 Å². The lowest BCUT2D eigenvalue weighted by Crippen LogP contribution is -2.09. The number of hydrogen-bond acceptors (Lipinski definition) is 5. The quantitative estimate of drug-likeness (QED) is 0.251. The summed E-state index contributed by atoms with van der Waals surface area (Å²) in [6, 6.07) is 12.7. The van der Waals surface area contributed by atoms with E-state index in [1.54, 1.807) is 12.1 Å². The first-order valence-corrected chi connectivity index (χ1v) is 13.4. The van der Waals surface area contributed by atoms with Gasteiger partial charge in [0.25, 0.3) is 0 Å². The summed E-state index contributed by atoms with van der Waals surface area (Å²) < 4.78 is 92.3. The monoisotopic (exact) mass is 594 g/mol. The molecule has 0 unspecified atom stereocenters. The number of esters is 1. The van der Waals surface area contributed by atoms with Crippen molar-refractivity contribution in [3.63, 3.8) is 0 Å². The molecule has 0 saturated heterocycles. The van der Waals surface area contributed by atoms with Crippen molar-refractivity contribution in [1.82, 2.24) is 0 Å². The van der Waals surface area contributed by atoms with Gasteiger partial charge >= 0.3 is 18.3 Å². The molecule has 6 rings (SSSR count). The molecule has 11 heteroatoms. The molecule has 0 amide bonds. The highest BCUT2D eigenvalue weighted by atomic mass is 19.4. The van der Waals surface area contributed by atoms with Crippen molar-refractivity contribution in [1.29, 1.82) is 0 Å². The summed E-state index contributed by atoms with van der Waals surface area (Å²) in [4.78, 5) is 11.5. The zero-order valence-corrected chi connectivity index (χ0v) is 22.5. The fourth-order valence-corrected chi connectivity index (χ4v) is 5.57. The van der Waals surface area contributed by atoms with Crippen molar-refractivity contribution >= 4 is 5.97 Å². The third-order valence-electron chi connectivity index (χ3n) is 7.80. The molecule has 3 aromatic carbocycles. The van der Waals surface area contributed by atoms with E-state index in [9.17, 15) is 36.2 Å². The Balaban J connectivity index is 0.000000211. The number of rotatable bonds is 4. The van der Waals surface area contributed by atoms with E-state index in [-0.39, 0.29) is 18.3 Å². The van der Waals surface area contributed by atoms with Crippen LogP contribution in [0.2, 0.25) is 0 Å². The molecule has 1 N–H and O–H groups in total. The van der Waals surface area contributed by atoms with Crippen LogP contribution in [0.1, 0.15) is 76.3 Å². The van der Waals surface area contributed by atoms with Crippen molar-refractivity contribution in [2.45, 2.75) is 62.6 Å². The van der Waals surface area contributed by atoms with E-state index in [0.717, 1.165) is 34.9 Å². The predicted octanol–water partition coefficient (Wildman–Crippen LogP) is 7.50. The number of aliphatic hydroxyl groups is 1. The van der Waals surface area contributed by atoms with Gasteiger partial charge in [-0.25, -0.2) is 0 Å². The predicted molar refractivity (Wildman–Crippen MR) is 139 cm³/mol. The van der Waals surface area contributed by atoms with E-state index in [0.29, 0.717) is 54.9 Å². The Hall–Kier alpha value is -3.73. The maximum Gasteiger partial charge on any atom is 0.416 e. The molecular weight excluding hydrogens is 566 g/mol. The lowest BCUT2D eigenvalue weighted by molar-refractivity contribution is -0.141. The van der Waals surface area contributed by atoms with Gasteiger partial charge in [-0.05, 0) is 78.3 Å². The van der Waals surface area contributed by atoms with Crippen LogP contribution < -0.4 is 9.47 Å². The number of ether oxygens (including phenoxy) is 3. The van der Waals surface area contributed by atoms with E-state index in [2.05, 4.69) is 0 Å². The summed E-state index contributed by atoms with van der Waals surface area (Å²) in [5, 5.41) is 9.40. The van der Waals surface area contributed by atoms with Crippen molar-refractivity contribution in [2.24, 2.45) is 0 Å². The number of aryl methyl sites for hydroxylation is 2. The molecule has 3 aliphatic rings. The summed E-state index contributed by atoms with van der Waals surface area (Å²) >= 11 is 0. The van der Waals surface area contributed by atoms with Gasteiger partial charge < -0.3 is 19.3 Å². The van der Waals surface area contributed by atoms with Gasteiger partial charge in [-0.1, -0.05) is 18.2 Å². The van der Waals surface area contributed by atoms with Crippen LogP contribution in [-0.2, 0) is 34.7 Å². The van der Waals surface area contributed by atoms with Crippen molar-refractivity contribution in [3.05, 3.63) is 93.5 Å². The first kappa shape index (κ1) is 29.8. The second kappa shape index (κ2) is 11.5. The lowest BCUT2D eigenvalue weighted by atomic mass is 9.98. The standard InChI is InChI=1S/C21H19F3O4.C10H9F3O/c1-26-20(25)8-13-11-27-19-10-15(5-6-16(13)19)28-18-7-3-12-2-4-14(9-17(12)18)21(22,23)24;11-10(12,13)7-3-1-6-2-4-9(14)8(6)5-7/h2,4-6,9-10,13,18H,3,7-8,11H2,1H3;1,3,5,9,14H,2,4H2/t13-,18-;9-/m10/s1. The Kier molecular flexibility index (Phi) is 8.15. The molecule has 3 aromatic rings. The topological polar surface area (TPSA) is 65.0 Å². The normalized spacial score (nSPS) is 20.5. The summed E-state index contributed by atoms with van der Waals surface area (Å²) in [6.45, 7) is 0.384. The van der Waals surface area contributed by atoms with Gasteiger partial charge in [0.05, 0.1) is 37.4 Å². The number of methoxy groups -OCH3 is 1. The maximum atomic E-state index is 13.0. The molecule has 0 fully saturated rings. The maximum absolute atomic E-state index is 13.0. The minimum Gasteiger partial charge on any atom is -0.492 e. The summed E-state index contributed by atoms with van der Waals surface area (Å²) in [5.74, 6) is 0.796. The molecule has 2 aliphatic carbocycles. The second-order valence-corrected chi connectivity index (χ2v) is 10.5. The van der Waals surface area contributed by atoms with Crippen LogP contribution in [0.25, 0.3) is 0 Å². The number of aliphatic hydroxyl groups excluding tert-OH is 1. The zero-order valence-electron chi connectivity index (χ0n) is 22.5. The Labute approximate surface area is 238 Å². The summed E-state index contributed by atoms with van der Waals surface area (Å²) in [5.41, 5.74) is 2.28. The fraction of sp³-hybridized carbons (Fsp3) is 0.387. The van der Waals surface area contributed by atoms with Crippen LogP contribution in [0.4, 0.5) is 26.3 Å². The molecule has 1 aliphatic heterocycles. The molecule has 3 atom stereocenters. The van der Waals surface area contributed by atoms with Crippen molar-refractivity contribution in [2.75, 3.05) is 13.7 Å². The fourth-order valence-electron chi connectivity index (χ4n) is 5.57. The lowest BCUT2D eigenvalue weighted by Gasteiger charge is -2.17. The average Bonchev–Trinajstić information content (AvgIpc) is 3.65. The number of alkyl halides is 6. The molecule has 0 spiro atoms. The Bertz CT molecular complexity index is 1470. The molecule has 224 valence electrons. The van der Waals surface area contributed by atoms with Crippen LogP contribution in [0.5, 0.6) is 11.5 Å². The molecule has 0 radical (unpaired) electrons. The van der Waals surface area contributed by atoms with Crippen LogP contribution >= 0.6 is 0 Å². The summed E-state index contributed by atoms with van der Waals surface area (Å²) in [6.07, 6.45) is -7.13. The highest BCUT2D eigenvalue weighted by Gasteiger charge is 2.35. The zero-order chi connectivity index (χ0) is 30.2. The first-order chi connectivity index (χ1) is 19.8. The van der Waals surface area contributed by atoms with E-state index in [1.165, 1.54) is 25.3 Å². The van der Waals surface area contributed by atoms with E-state index < -0.39 is 35.7 Å². The number of hydrogen-bond donors (Lipinski definition) is 1. The van der Waals surface area contributed by atoms with Gasteiger partial charge in [0.1, 0.15) is 17.6 Å². The van der Waals surface area contributed by atoms with E-state index in [1.807, 2.05) is 6.07 Å². The van der Waals surface area contributed by atoms with Crippen LogP contribution in [-0.4, -0.2) is 24.8 Å². The smallest absolute Gasteiger partial charge is 0.416 e. The van der Waals surface area contributed by atoms with E-state index >= 15 is 0 Å². The highest BCUT2D eigenvalue weighted by molar-refractivity contribution is 5.71. The molecule has 42 heavy (non-hydrogen) atoms. The number of fused-ring (bicyclic) bond motifs is 3. The van der Waals surface area contributed by atoms with Crippen LogP contribution in [0, 0.1) is 0 Å². The number of halogens is 6. The Morgan fingerprint density at radius 1 is 0.857 bits per heavy atom. The van der Waals surface area contributed by atoms with Gasteiger partial charge in [0, 0.05) is 17.5 Å². The number of carbonyl (C=O) groups is 1. The third-order valence-corrected chi connectivity index (χ3v) is 7.80. The summed E-state index contributed by atoms with van der Waals surface area (Å²) in [7, 11) is 1.35.